The van der Waals surface area contributed by atoms with Gasteiger partial charge in [-0.05, 0) is 29.8 Å². The summed E-state index contributed by atoms with van der Waals surface area (Å²) in [6, 6.07) is 16.0. The lowest BCUT2D eigenvalue weighted by atomic mass is 9.95. The Morgan fingerprint density at radius 2 is 1.68 bits per heavy atom. The molecule has 0 bridgehead atoms. The van der Waals surface area contributed by atoms with Crippen molar-refractivity contribution < 1.29 is 9.50 Å². The highest BCUT2D eigenvalue weighted by molar-refractivity contribution is 9.10. The van der Waals surface area contributed by atoms with Crippen LogP contribution in [0.15, 0.2) is 59.1 Å². The van der Waals surface area contributed by atoms with Crippen LogP contribution in [0.5, 0.6) is 0 Å². The van der Waals surface area contributed by atoms with Gasteiger partial charge in [0.2, 0.25) is 0 Å². The normalized spacial score (nSPS) is 13.2. The lowest BCUT2D eigenvalue weighted by Crippen LogP contribution is -2.26. The molecule has 0 saturated heterocycles. The van der Waals surface area contributed by atoms with E-state index in [1.807, 2.05) is 30.3 Å². The van der Waals surface area contributed by atoms with E-state index < -0.39 is 12.3 Å². The summed E-state index contributed by atoms with van der Waals surface area (Å²) in [5, 5.41) is 10.3. The molecular weight excluding hydrogens is 307 g/mol. The Kier molecular flexibility index (Phi) is 4.36. The molecule has 0 aliphatic carbocycles. The highest BCUT2D eigenvalue weighted by atomic mass is 79.9. The van der Waals surface area contributed by atoms with Crippen molar-refractivity contribution in [1.82, 2.24) is 0 Å². The predicted molar refractivity (Wildman–Crippen MR) is 77.3 cm³/mol. The summed E-state index contributed by atoms with van der Waals surface area (Å²) in [6.45, 7) is -0.950. The highest BCUT2D eigenvalue weighted by Gasteiger charge is 2.26. The summed E-state index contributed by atoms with van der Waals surface area (Å²) >= 11 is 3.30. The summed E-state index contributed by atoms with van der Waals surface area (Å²) in [5.41, 5.74) is -0.579. The molecule has 19 heavy (non-hydrogen) atoms. The van der Waals surface area contributed by atoms with Crippen molar-refractivity contribution in [3.8, 4) is 11.8 Å². The van der Waals surface area contributed by atoms with Crippen LogP contribution in [0.3, 0.4) is 0 Å². The highest BCUT2D eigenvalue weighted by Crippen LogP contribution is 2.23. The Labute approximate surface area is 120 Å². The Balaban J connectivity index is 2.33. The second-order valence-corrected chi connectivity index (χ2v) is 5.03. The molecule has 0 radical (unpaired) electrons. The SMILES string of the molecule is OC(C#Cc1ccccc1)(CF)c1ccc(Br)cc1. The molecule has 96 valence electrons. The van der Waals surface area contributed by atoms with Crippen LogP contribution < -0.4 is 0 Å². The Morgan fingerprint density at radius 3 is 2.26 bits per heavy atom. The second-order valence-electron chi connectivity index (χ2n) is 4.12. The zero-order chi connectivity index (χ0) is 13.7. The number of hydrogen-bond acceptors (Lipinski definition) is 1. The number of rotatable bonds is 2. The summed E-state index contributed by atoms with van der Waals surface area (Å²) in [7, 11) is 0. The molecule has 2 aromatic carbocycles. The molecule has 0 fully saturated rings. The van der Waals surface area contributed by atoms with Crippen LogP contribution in [0.4, 0.5) is 4.39 Å². The molecule has 0 heterocycles. The van der Waals surface area contributed by atoms with E-state index in [4.69, 9.17) is 0 Å². The maximum atomic E-state index is 13.2. The molecule has 1 nitrogen and oxygen atoms in total. The molecule has 1 unspecified atom stereocenters. The van der Waals surface area contributed by atoms with E-state index in [9.17, 15) is 9.50 Å². The lowest BCUT2D eigenvalue weighted by molar-refractivity contribution is 0.0697. The van der Waals surface area contributed by atoms with Crippen molar-refractivity contribution >= 4 is 15.9 Å². The molecule has 0 aromatic heterocycles. The van der Waals surface area contributed by atoms with Crippen molar-refractivity contribution in [3.63, 3.8) is 0 Å². The van der Waals surface area contributed by atoms with Gasteiger partial charge < -0.3 is 5.11 Å². The first kappa shape index (κ1) is 13.8. The zero-order valence-electron chi connectivity index (χ0n) is 10.1. The van der Waals surface area contributed by atoms with Gasteiger partial charge >= 0.3 is 0 Å². The fraction of sp³-hybridized carbons (Fsp3) is 0.125. The van der Waals surface area contributed by atoms with Crippen LogP contribution in [0.1, 0.15) is 11.1 Å². The van der Waals surface area contributed by atoms with E-state index in [1.54, 1.807) is 24.3 Å². The van der Waals surface area contributed by atoms with Crippen LogP contribution in [0, 0.1) is 11.8 Å². The van der Waals surface area contributed by atoms with Gasteiger partial charge in [-0.25, -0.2) is 4.39 Å². The maximum absolute atomic E-state index is 13.2. The van der Waals surface area contributed by atoms with Crippen molar-refractivity contribution in [2.24, 2.45) is 0 Å². The first-order chi connectivity index (χ1) is 9.14. The minimum absolute atomic E-state index is 0.446. The Morgan fingerprint density at radius 1 is 1.05 bits per heavy atom. The summed E-state index contributed by atoms with van der Waals surface area (Å²) in [4.78, 5) is 0. The van der Waals surface area contributed by atoms with Crippen LogP contribution >= 0.6 is 15.9 Å². The van der Waals surface area contributed by atoms with E-state index in [-0.39, 0.29) is 0 Å². The van der Waals surface area contributed by atoms with Crippen molar-refractivity contribution in [1.29, 1.82) is 0 Å². The lowest BCUT2D eigenvalue weighted by Gasteiger charge is -2.18. The van der Waals surface area contributed by atoms with Crippen LogP contribution in [-0.4, -0.2) is 11.8 Å². The molecule has 0 aliphatic rings. The van der Waals surface area contributed by atoms with Gasteiger partial charge in [-0.1, -0.05) is 58.1 Å². The quantitative estimate of drug-likeness (QED) is 0.838. The maximum Gasteiger partial charge on any atom is 0.179 e. The number of benzene rings is 2. The molecule has 2 rings (SSSR count). The topological polar surface area (TPSA) is 20.2 Å². The van der Waals surface area contributed by atoms with Gasteiger partial charge in [0.25, 0.3) is 0 Å². The van der Waals surface area contributed by atoms with Gasteiger partial charge in [0.05, 0.1) is 0 Å². The smallest absolute Gasteiger partial charge is 0.179 e. The van der Waals surface area contributed by atoms with Gasteiger partial charge in [0.1, 0.15) is 6.67 Å². The molecule has 1 atom stereocenters. The predicted octanol–water partition coefficient (Wildman–Crippen LogP) is 3.66. The molecule has 0 amide bonds. The summed E-state index contributed by atoms with van der Waals surface area (Å²) < 4.78 is 14.0. The standard InChI is InChI=1S/C16H12BrFO/c17-15-8-6-14(7-9-15)16(19,12-18)11-10-13-4-2-1-3-5-13/h1-9,19H,12H2. The van der Waals surface area contributed by atoms with Crippen LogP contribution in [0.2, 0.25) is 0 Å². The third kappa shape index (κ3) is 3.44. The molecule has 2 aromatic rings. The van der Waals surface area contributed by atoms with E-state index in [2.05, 4.69) is 27.8 Å². The monoisotopic (exact) mass is 318 g/mol. The molecule has 0 spiro atoms. The molecular formula is C16H12BrFO. The summed E-state index contributed by atoms with van der Waals surface area (Å²) in [6.07, 6.45) is 0. The molecule has 3 heteroatoms. The first-order valence-corrected chi connectivity index (χ1v) is 6.56. The second kappa shape index (κ2) is 6.01. The van der Waals surface area contributed by atoms with Gasteiger partial charge in [-0.15, -0.1) is 0 Å². The van der Waals surface area contributed by atoms with Gasteiger partial charge in [-0.3, -0.25) is 0 Å². The third-order valence-corrected chi connectivity index (χ3v) is 3.23. The number of halogens is 2. The van der Waals surface area contributed by atoms with Gasteiger partial charge in [0, 0.05) is 10.0 Å². The summed E-state index contributed by atoms with van der Waals surface area (Å²) in [5.74, 6) is 5.41. The van der Waals surface area contributed by atoms with Gasteiger partial charge in [0.15, 0.2) is 5.60 Å². The molecule has 0 saturated carbocycles. The average Bonchev–Trinajstić information content (AvgIpc) is 2.46. The van der Waals surface area contributed by atoms with Crippen molar-refractivity contribution in [2.45, 2.75) is 5.60 Å². The average molecular weight is 319 g/mol. The van der Waals surface area contributed by atoms with E-state index in [0.717, 1.165) is 10.0 Å². The fourth-order valence-electron chi connectivity index (χ4n) is 1.61. The van der Waals surface area contributed by atoms with Crippen LogP contribution in [0.25, 0.3) is 0 Å². The first-order valence-electron chi connectivity index (χ1n) is 5.77. The Bertz CT molecular complexity index is 598. The van der Waals surface area contributed by atoms with Crippen molar-refractivity contribution in [2.75, 3.05) is 6.67 Å². The largest absolute Gasteiger partial charge is 0.371 e. The van der Waals surface area contributed by atoms with Crippen LogP contribution in [-0.2, 0) is 5.60 Å². The third-order valence-electron chi connectivity index (χ3n) is 2.70. The molecule has 0 aliphatic heterocycles. The number of aliphatic hydroxyl groups is 1. The minimum atomic E-state index is -1.77. The van der Waals surface area contributed by atoms with Crippen molar-refractivity contribution in [3.05, 3.63) is 70.2 Å². The fourth-order valence-corrected chi connectivity index (χ4v) is 1.87. The molecule has 1 N–H and O–H groups in total. The Hall–Kier alpha value is -1.63. The zero-order valence-corrected chi connectivity index (χ0v) is 11.7. The van der Waals surface area contributed by atoms with Gasteiger partial charge in [-0.2, -0.15) is 0 Å². The van der Waals surface area contributed by atoms with E-state index in [0.29, 0.717) is 5.56 Å². The number of alkyl halides is 1. The number of hydrogen-bond donors (Lipinski definition) is 1. The van der Waals surface area contributed by atoms with E-state index in [1.165, 1.54) is 0 Å². The minimum Gasteiger partial charge on any atom is -0.371 e. The van der Waals surface area contributed by atoms with E-state index >= 15 is 0 Å².